The number of benzene rings is 1. The lowest BCUT2D eigenvalue weighted by Gasteiger charge is -2.27. The van der Waals surface area contributed by atoms with E-state index in [0.29, 0.717) is 18.8 Å². The first kappa shape index (κ1) is 17.1. The number of likely N-dealkylation sites (tertiary alicyclic amines) is 1. The van der Waals surface area contributed by atoms with E-state index in [1.165, 1.54) is 6.07 Å². The van der Waals surface area contributed by atoms with E-state index in [9.17, 15) is 14.9 Å². The topological polar surface area (TPSA) is 75.9 Å². The van der Waals surface area contributed by atoms with Crippen LogP contribution < -0.4 is 4.90 Å². The number of nitrogens with zero attached hydrogens (tertiary/aromatic N) is 3. The normalized spacial score (nSPS) is 17.9. The molecule has 0 radical (unpaired) electrons. The third kappa shape index (κ3) is 4.12. The predicted molar refractivity (Wildman–Crippen MR) is 87.7 cm³/mol. The van der Waals surface area contributed by atoms with E-state index >= 15 is 0 Å². The molecule has 1 fully saturated rings. The monoisotopic (exact) mass is 321 g/mol. The number of carbonyl (C=O) groups is 1. The Morgan fingerprint density at radius 2 is 2.04 bits per heavy atom. The maximum Gasteiger partial charge on any atom is 0.410 e. The van der Waals surface area contributed by atoms with Crippen LogP contribution in [0.25, 0.3) is 0 Å². The first-order valence-corrected chi connectivity index (χ1v) is 7.63. The molecule has 1 aliphatic heterocycles. The molecule has 0 bridgehead atoms. The van der Waals surface area contributed by atoms with Crippen molar-refractivity contribution < 1.29 is 14.5 Å². The van der Waals surface area contributed by atoms with Crippen molar-refractivity contribution in [3.63, 3.8) is 0 Å². The minimum absolute atomic E-state index is 0.0311. The summed E-state index contributed by atoms with van der Waals surface area (Å²) in [6.07, 6.45) is 0.415. The maximum atomic E-state index is 12.1. The van der Waals surface area contributed by atoms with Gasteiger partial charge >= 0.3 is 6.09 Å². The van der Waals surface area contributed by atoms with Crippen LogP contribution in [-0.2, 0) is 4.74 Å². The van der Waals surface area contributed by atoms with E-state index in [4.69, 9.17) is 4.74 Å². The van der Waals surface area contributed by atoms with Gasteiger partial charge in [-0.2, -0.15) is 0 Å². The molecule has 7 nitrogen and oxygen atoms in total. The molecule has 126 valence electrons. The molecule has 1 aromatic rings. The van der Waals surface area contributed by atoms with Crippen LogP contribution in [0, 0.1) is 10.1 Å². The minimum Gasteiger partial charge on any atom is -0.444 e. The highest BCUT2D eigenvalue weighted by atomic mass is 16.6. The lowest BCUT2D eigenvalue weighted by molar-refractivity contribution is -0.384. The second kappa shape index (κ2) is 6.44. The lowest BCUT2D eigenvalue weighted by Crippen LogP contribution is -2.39. The van der Waals surface area contributed by atoms with Gasteiger partial charge in [-0.1, -0.05) is 12.1 Å². The molecule has 7 heteroatoms. The molecule has 0 aliphatic carbocycles. The SMILES string of the molecule is CN(c1ccccc1[N+](=O)[O-])C1CCN(C(=O)OC(C)(C)C)C1. The fourth-order valence-electron chi connectivity index (χ4n) is 2.66. The summed E-state index contributed by atoms with van der Waals surface area (Å²) in [5.74, 6) is 0. The van der Waals surface area contributed by atoms with Crippen molar-refractivity contribution in [2.75, 3.05) is 25.0 Å². The van der Waals surface area contributed by atoms with Gasteiger partial charge in [0.05, 0.1) is 4.92 Å². The van der Waals surface area contributed by atoms with Gasteiger partial charge in [-0.25, -0.2) is 4.79 Å². The van der Waals surface area contributed by atoms with Crippen LogP contribution in [0.3, 0.4) is 0 Å². The lowest BCUT2D eigenvalue weighted by atomic mass is 10.2. The Kier molecular flexibility index (Phi) is 4.77. The zero-order chi connectivity index (χ0) is 17.2. The van der Waals surface area contributed by atoms with E-state index in [1.807, 2.05) is 32.7 Å². The van der Waals surface area contributed by atoms with Crippen LogP contribution in [0.2, 0.25) is 0 Å². The summed E-state index contributed by atoms with van der Waals surface area (Å²) in [6.45, 7) is 6.58. The van der Waals surface area contributed by atoms with Gasteiger partial charge in [0.2, 0.25) is 0 Å². The van der Waals surface area contributed by atoms with Crippen molar-refractivity contribution in [3.05, 3.63) is 34.4 Å². The zero-order valence-corrected chi connectivity index (χ0v) is 14.0. The third-order valence-corrected chi connectivity index (χ3v) is 3.82. The molecule has 1 aromatic carbocycles. The summed E-state index contributed by atoms with van der Waals surface area (Å²) in [5.41, 5.74) is 0.110. The summed E-state index contributed by atoms with van der Waals surface area (Å²) in [6, 6.07) is 6.68. The summed E-state index contributed by atoms with van der Waals surface area (Å²) < 4.78 is 5.38. The van der Waals surface area contributed by atoms with Crippen molar-refractivity contribution >= 4 is 17.5 Å². The molecule has 2 rings (SSSR count). The van der Waals surface area contributed by atoms with Crippen molar-refractivity contribution in [2.45, 2.75) is 38.8 Å². The van der Waals surface area contributed by atoms with Crippen LogP contribution in [-0.4, -0.2) is 47.7 Å². The van der Waals surface area contributed by atoms with Crippen LogP contribution >= 0.6 is 0 Å². The smallest absolute Gasteiger partial charge is 0.410 e. The highest BCUT2D eigenvalue weighted by Crippen LogP contribution is 2.30. The fraction of sp³-hybridized carbons (Fsp3) is 0.562. The maximum absolute atomic E-state index is 12.1. The van der Waals surface area contributed by atoms with Crippen LogP contribution in [0.4, 0.5) is 16.2 Å². The van der Waals surface area contributed by atoms with Crippen molar-refractivity contribution in [3.8, 4) is 0 Å². The Balaban J connectivity index is 2.07. The average molecular weight is 321 g/mol. The fourth-order valence-corrected chi connectivity index (χ4v) is 2.66. The first-order valence-electron chi connectivity index (χ1n) is 7.63. The van der Waals surface area contributed by atoms with Gasteiger partial charge in [0.15, 0.2) is 0 Å². The number of nitro groups is 1. The minimum atomic E-state index is -0.528. The molecular formula is C16H23N3O4. The molecule has 1 amide bonds. The van der Waals surface area contributed by atoms with Crippen LogP contribution in [0.1, 0.15) is 27.2 Å². The molecule has 0 saturated carbocycles. The Morgan fingerprint density at radius 3 is 2.65 bits per heavy atom. The largest absolute Gasteiger partial charge is 0.444 e. The van der Waals surface area contributed by atoms with Gasteiger partial charge in [-0.15, -0.1) is 0 Å². The summed E-state index contributed by atoms with van der Waals surface area (Å²) in [5, 5.41) is 11.2. The highest BCUT2D eigenvalue weighted by Gasteiger charge is 2.33. The van der Waals surface area contributed by atoms with Gasteiger partial charge in [-0.3, -0.25) is 10.1 Å². The number of para-hydroxylation sites is 2. The molecule has 23 heavy (non-hydrogen) atoms. The number of ether oxygens (including phenoxy) is 1. The molecule has 1 unspecified atom stereocenters. The van der Waals surface area contributed by atoms with E-state index in [2.05, 4.69) is 0 Å². The van der Waals surface area contributed by atoms with E-state index in [0.717, 1.165) is 6.42 Å². The molecule has 0 spiro atoms. The standard InChI is InChI=1S/C16H23N3O4/c1-16(2,3)23-15(20)18-10-9-12(11-18)17(4)13-7-5-6-8-14(13)19(21)22/h5-8,12H,9-11H2,1-4H3. The Labute approximate surface area is 136 Å². The van der Waals surface area contributed by atoms with Crippen molar-refractivity contribution in [2.24, 2.45) is 0 Å². The summed E-state index contributed by atoms with van der Waals surface area (Å²) >= 11 is 0. The molecular weight excluding hydrogens is 298 g/mol. The van der Waals surface area contributed by atoms with Crippen LogP contribution in [0.5, 0.6) is 0 Å². The predicted octanol–water partition coefficient (Wildman–Crippen LogP) is 3.04. The zero-order valence-electron chi connectivity index (χ0n) is 14.0. The molecule has 1 heterocycles. The van der Waals surface area contributed by atoms with Gasteiger partial charge in [0.1, 0.15) is 11.3 Å². The van der Waals surface area contributed by atoms with Crippen molar-refractivity contribution in [1.29, 1.82) is 0 Å². The number of nitro benzene ring substituents is 1. The summed E-state index contributed by atoms with van der Waals surface area (Å²) in [7, 11) is 1.82. The second-order valence-electron chi connectivity index (χ2n) is 6.73. The number of anilines is 1. The number of hydrogen-bond acceptors (Lipinski definition) is 5. The van der Waals surface area contributed by atoms with E-state index in [1.54, 1.807) is 23.1 Å². The molecule has 0 aromatic heterocycles. The first-order chi connectivity index (χ1) is 10.7. The number of likely N-dealkylation sites (N-methyl/N-ethyl adjacent to an activating group) is 1. The molecule has 1 aliphatic rings. The molecule has 0 N–H and O–H groups in total. The van der Waals surface area contributed by atoms with Crippen LogP contribution in [0.15, 0.2) is 24.3 Å². The number of carbonyl (C=O) groups excluding carboxylic acids is 1. The highest BCUT2D eigenvalue weighted by molar-refractivity contribution is 5.69. The molecule has 1 atom stereocenters. The number of amides is 1. The number of rotatable bonds is 3. The van der Waals surface area contributed by atoms with Crippen molar-refractivity contribution in [1.82, 2.24) is 4.90 Å². The Hall–Kier alpha value is -2.31. The third-order valence-electron chi connectivity index (χ3n) is 3.82. The number of hydrogen-bond donors (Lipinski definition) is 0. The average Bonchev–Trinajstić information content (AvgIpc) is 2.94. The Bertz CT molecular complexity index is 597. The van der Waals surface area contributed by atoms with E-state index in [-0.39, 0.29) is 22.7 Å². The second-order valence-corrected chi connectivity index (χ2v) is 6.73. The van der Waals surface area contributed by atoms with Gasteiger partial charge in [-0.05, 0) is 33.3 Å². The van der Waals surface area contributed by atoms with E-state index < -0.39 is 5.60 Å². The molecule has 1 saturated heterocycles. The van der Waals surface area contributed by atoms with Gasteiger partial charge < -0.3 is 14.5 Å². The van der Waals surface area contributed by atoms with Gasteiger partial charge in [0.25, 0.3) is 5.69 Å². The quantitative estimate of drug-likeness (QED) is 0.632. The summed E-state index contributed by atoms with van der Waals surface area (Å²) in [4.78, 5) is 26.4. The van der Waals surface area contributed by atoms with Gasteiger partial charge in [0, 0.05) is 32.2 Å². The Morgan fingerprint density at radius 1 is 1.39 bits per heavy atom.